The molecular formula is C17H24ClN3O2. The normalized spacial score (nSPS) is 15.6. The van der Waals surface area contributed by atoms with Crippen molar-refractivity contribution in [2.45, 2.75) is 20.3 Å². The number of hydrogen-bond donors (Lipinski definition) is 0. The van der Waals surface area contributed by atoms with Gasteiger partial charge >= 0.3 is 0 Å². The molecule has 1 heterocycles. The highest BCUT2D eigenvalue weighted by Gasteiger charge is 2.21. The molecular weight excluding hydrogens is 314 g/mol. The van der Waals surface area contributed by atoms with Gasteiger partial charge in [-0.2, -0.15) is 0 Å². The Morgan fingerprint density at radius 1 is 1.22 bits per heavy atom. The monoisotopic (exact) mass is 337 g/mol. The molecule has 0 unspecified atom stereocenters. The highest BCUT2D eigenvalue weighted by Crippen LogP contribution is 2.23. The number of carbonyl (C=O) groups is 2. The number of carbonyl (C=O) groups excluding carboxylic acids is 2. The molecule has 2 amide bonds. The van der Waals surface area contributed by atoms with Crippen LogP contribution in [0, 0.1) is 6.92 Å². The molecule has 5 nitrogen and oxygen atoms in total. The number of piperazine rings is 1. The van der Waals surface area contributed by atoms with E-state index in [1.165, 1.54) is 6.92 Å². The Labute approximate surface area is 142 Å². The molecule has 2 rings (SSSR count). The van der Waals surface area contributed by atoms with Gasteiger partial charge in [0.1, 0.15) is 0 Å². The molecule has 0 radical (unpaired) electrons. The molecule has 0 spiro atoms. The van der Waals surface area contributed by atoms with Gasteiger partial charge in [-0.1, -0.05) is 17.7 Å². The van der Waals surface area contributed by atoms with Crippen LogP contribution in [0.5, 0.6) is 0 Å². The number of halogens is 1. The van der Waals surface area contributed by atoms with Crippen LogP contribution < -0.4 is 4.90 Å². The predicted octanol–water partition coefficient (Wildman–Crippen LogP) is 2.17. The number of anilines is 1. The summed E-state index contributed by atoms with van der Waals surface area (Å²) in [5.41, 5.74) is 1.70. The molecule has 1 fully saturated rings. The smallest absolute Gasteiger partial charge is 0.224 e. The lowest BCUT2D eigenvalue weighted by molar-refractivity contribution is -0.132. The summed E-state index contributed by atoms with van der Waals surface area (Å²) in [5.74, 6) is 0.0126. The summed E-state index contributed by atoms with van der Waals surface area (Å²) in [7, 11) is 2.06. The van der Waals surface area contributed by atoms with Crippen LogP contribution in [0.25, 0.3) is 0 Å². The van der Waals surface area contributed by atoms with E-state index < -0.39 is 0 Å². The Bertz CT molecular complexity index is 583. The van der Waals surface area contributed by atoms with Crippen LogP contribution in [0.15, 0.2) is 18.2 Å². The van der Waals surface area contributed by atoms with Crippen molar-refractivity contribution >= 4 is 29.1 Å². The molecule has 6 heteroatoms. The number of amides is 2. The fourth-order valence-corrected chi connectivity index (χ4v) is 2.81. The Morgan fingerprint density at radius 2 is 1.87 bits per heavy atom. The molecule has 1 aromatic rings. The fourth-order valence-electron chi connectivity index (χ4n) is 2.64. The minimum absolute atomic E-state index is 0.0869. The molecule has 23 heavy (non-hydrogen) atoms. The maximum Gasteiger partial charge on any atom is 0.224 e. The molecule has 1 aromatic carbocycles. The van der Waals surface area contributed by atoms with Gasteiger partial charge in [-0.15, -0.1) is 0 Å². The van der Waals surface area contributed by atoms with Crippen LogP contribution in [-0.4, -0.2) is 61.4 Å². The van der Waals surface area contributed by atoms with Gasteiger partial charge in [-0.05, 0) is 31.7 Å². The molecule has 0 aromatic heterocycles. The first-order valence-corrected chi connectivity index (χ1v) is 8.27. The molecule has 0 N–H and O–H groups in total. The number of aryl methyl sites for hydroxylation is 1. The maximum absolute atomic E-state index is 12.3. The van der Waals surface area contributed by atoms with Crippen molar-refractivity contribution in [1.82, 2.24) is 9.80 Å². The second-order valence-electron chi connectivity index (χ2n) is 6.04. The van der Waals surface area contributed by atoms with Crippen LogP contribution in [0.2, 0.25) is 5.02 Å². The van der Waals surface area contributed by atoms with Gasteiger partial charge in [-0.3, -0.25) is 9.59 Å². The molecule has 0 aliphatic carbocycles. The largest absolute Gasteiger partial charge is 0.340 e. The Morgan fingerprint density at radius 3 is 2.43 bits per heavy atom. The quantitative estimate of drug-likeness (QED) is 0.845. The Kier molecular flexibility index (Phi) is 6.02. The lowest BCUT2D eigenvalue weighted by Gasteiger charge is -2.33. The average molecular weight is 338 g/mol. The number of likely N-dealkylation sites (N-methyl/N-ethyl adjacent to an activating group) is 1. The standard InChI is InChI=1S/C17H24ClN3O2/c1-13-4-5-15(12-16(13)18)21(14(2)22)7-6-17(23)20-10-8-19(3)9-11-20/h4-5,12H,6-11H2,1-3H3. The minimum atomic E-state index is -0.0869. The van der Waals surface area contributed by atoms with E-state index in [-0.39, 0.29) is 11.8 Å². The first kappa shape index (κ1) is 17.8. The summed E-state index contributed by atoms with van der Waals surface area (Å²) in [6.45, 7) is 7.11. The van der Waals surface area contributed by atoms with Crippen LogP contribution in [-0.2, 0) is 9.59 Å². The topological polar surface area (TPSA) is 43.9 Å². The minimum Gasteiger partial charge on any atom is -0.340 e. The van der Waals surface area contributed by atoms with Gasteiger partial charge in [0.25, 0.3) is 0 Å². The molecule has 1 saturated heterocycles. The Balaban J connectivity index is 1.98. The number of benzene rings is 1. The lowest BCUT2D eigenvalue weighted by Crippen LogP contribution is -2.47. The van der Waals surface area contributed by atoms with Gasteiger partial charge < -0.3 is 14.7 Å². The SMILES string of the molecule is CC(=O)N(CCC(=O)N1CCN(C)CC1)c1ccc(C)c(Cl)c1. The van der Waals surface area contributed by atoms with Gasteiger partial charge in [0, 0.05) is 56.8 Å². The second kappa shape index (κ2) is 7.79. The third-order valence-electron chi connectivity index (χ3n) is 4.25. The zero-order chi connectivity index (χ0) is 17.0. The first-order valence-electron chi connectivity index (χ1n) is 7.89. The highest BCUT2D eigenvalue weighted by molar-refractivity contribution is 6.31. The van der Waals surface area contributed by atoms with Gasteiger partial charge in [0.15, 0.2) is 0 Å². The van der Waals surface area contributed by atoms with Crippen molar-refractivity contribution in [2.75, 3.05) is 44.7 Å². The third-order valence-corrected chi connectivity index (χ3v) is 4.66. The number of hydrogen-bond acceptors (Lipinski definition) is 3. The summed E-state index contributed by atoms with van der Waals surface area (Å²) in [6, 6.07) is 5.53. The summed E-state index contributed by atoms with van der Waals surface area (Å²) in [4.78, 5) is 29.9. The molecule has 0 atom stereocenters. The lowest BCUT2D eigenvalue weighted by atomic mass is 10.2. The summed E-state index contributed by atoms with van der Waals surface area (Å²) >= 11 is 6.14. The summed E-state index contributed by atoms with van der Waals surface area (Å²) in [5, 5.41) is 0.624. The fraction of sp³-hybridized carbons (Fsp3) is 0.529. The zero-order valence-electron chi connectivity index (χ0n) is 14.0. The molecule has 0 saturated carbocycles. The van der Waals surface area contributed by atoms with Crippen molar-refractivity contribution < 1.29 is 9.59 Å². The predicted molar refractivity (Wildman–Crippen MR) is 92.9 cm³/mol. The maximum atomic E-state index is 12.3. The van der Waals surface area contributed by atoms with Gasteiger partial charge in [-0.25, -0.2) is 0 Å². The van der Waals surface area contributed by atoms with E-state index in [1.54, 1.807) is 11.0 Å². The number of rotatable bonds is 4. The van der Waals surface area contributed by atoms with Crippen molar-refractivity contribution in [2.24, 2.45) is 0 Å². The molecule has 1 aliphatic rings. The molecule has 126 valence electrons. The summed E-state index contributed by atoms with van der Waals surface area (Å²) in [6.07, 6.45) is 0.328. The second-order valence-corrected chi connectivity index (χ2v) is 6.45. The van der Waals surface area contributed by atoms with Crippen LogP contribution in [0.1, 0.15) is 18.9 Å². The van der Waals surface area contributed by atoms with E-state index >= 15 is 0 Å². The van der Waals surface area contributed by atoms with Crippen molar-refractivity contribution in [3.8, 4) is 0 Å². The first-order chi connectivity index (χ1) is 10.9. The van der Waals surface area contributed by atoms with Crippen LogP contribution >= 0.6 is 11.6 Å². The molecule has 1 aliphatic heterocycles. The van der Waals surface area contributed by atoms with Crippen molar-refractivity contribution in [1.29, 1.82) is 0 Å². The van der Waals surface area contributed by atoms with Gasteiger partial charge in [0.05, 0.1) is 0 Å². The Hall–Kier alpha value is -1.59. The zero-order valence-corrected chi connectivity index (χ0v) is 14.8. The van der Waals surface area contributed by atoms with Crippen LogP contribution in [0.4, 0.5) is 5.69 Å². The van der Waals surface area contributed by atoms with Crippen LogP contribution in [0.3, 0.4) is 0 Å². The molecule has 0 bridgehead atoms. The van der Waals surface area contributed by atoms with E-state index in [1.807, 2.05) is 24.0 Å². The third kappa shape index (κ3) is 4.69. The van der Waals surface area contributed by atoms with E-state index in [0.29, 0.717) is 18.0 Å². The van der Waals surface area contributed by atoms with Crippen molar-refractivity contribution in [3.05, 3.63) is 28.8 Å². The highest BCUT2D eigenvalue weighted by atomic mass is 35.5. The van der Waals surface area contributed by atoms with Gasteiger partial charge in [0.2, 0.25) is 11.8 Å². The van der Waals surface area contributed by atoms with Crippen molar-refractivity contribution in [3.63, 3.8) is 0 Å². The summed E-state index contributed by atoms with van der Waals surface area (Å²) < 4.78 is 0. The average Bonchev–Trinajstić information content (AvgIpc) is 2.51. The van der Waals surface area contributed by atoms with E-state index in [9.17, 15) is 9.59 Å². The van der Waals surface area contributed by atoms with E-state index in [4.69, 9.17) is 11.6 Å². The van der Waals surface area contributed by atoms with E-state index in [2.05, 4.69) is 11.9 Å². The number of nitrogens with zero attached hydrogens (tertiary/aromatic N) is 3. The van der Waals surface area contributed by atoms with E-state index in [0.717, 1.165) is 37.4 Å².